The Kier molecular flexibility index (Phi) is 3.48. The normalized spacial score (nSPS) is 18.7. The van der Waals surface area contributed by atoms with E-state index < -0.39 is 41.9 Å². The van der Waals surface area contributed by atoms with Crippen LogP contribution < -0.4 is 0 Å². The summed E-state index contributed by atoms with van der Waals surface area (Å²) in [6.07, 6.45) is 0.681. The lowest BCUT2D eigenvalue weighted by Gasteiger charge is -2.18. The number of fused-ring (bicyclic) bond motifs is 1. The first-order valence-corrected chi connectivity index (χ1v) is 8.21. The molecule has 1 atom stereocenters. The van der Waals surface area contributed by atoms with Gasteiger partial charge in [-0.1, -0.05) is 0 Å². The molecule has 1 aromatic carbocycles. The number of allylic oxidation sites excluding steroid dienone is 1. The van der Waals surface area contributed by atoms with E-state index in [2.05, 4.69) is 4.79 Å². The predicted molar refractivity (Wildman–Crippen MR) is 69.0 cm³/mol. The van der Waals surface area contributed by atoms with Crippen LogP contribution in [0.25, 0.3) is 5.53 Å². The summed E-state index contributed by atoms with van der Waals surface area (Å²) < 4.78 is 63.0. The summed E-state index contributed by atoms with van der Waals surface area (Å²) in [6.45, 7) is 0. The van der Waals surface area contributed by atoms with E-state index in [1.807, 2.05) is 0 Å². The maximum absolute atomic E-state index is 11.3. The third-order valence-corrected chi connectivity index (χ3v) is 4.74. The van der Waals surface area contributed by atoms with Crippen LogP contribution >= 0.6 is 0 Å². The first-order valence-electron chi connectivity index (χ1n) is 5.27. The Balaban J connectivity index is 2.86. The molecule has 3 N–H and O–H groups in total. The summed E-state index contributed by atoms with van der Waals surface area (Å²) in [4.78, 5) is 2.18. The van der Waals surface area contributed by atoms with Crippen LogP contribution in [0.5, 0.6) is 0 Å². The van der Waals surface area contributed by atoms with Gasteiger partial charge in [-0.3, -0.25) is 9.11 Å². The predicted octanol–water partition coefficient (Wildman–Crippen LogP) is 0.337. The van der Waals surface area contributed by atoms with Gasteiger partial charge in [-0.2, -0.15) is 21.6 Å². The van der Waals surface area contributed by atoms with E-state index in [-0.39, 0.29) is 11.1 Å². The lowest BCUT2D eigenvalue weighted by molar-refractivity contribution is -0.00668. The van der Waals surface area contributed by atoms with Gasteiger partial charge in [0.15, 0.2) is 0 Å². The van der Waals surface area contributed by atoms with Crippen LogP contribution in [-0.4, -0.2) is 41.5 Å². The first kappa shape index (κ1) is 15.4. The monoisotopic (exact) mass is 332 g/mol. The highest BCUT2D eigenvalue weighted by Crippen LogP contribution is 2.34. The van der Waals surface area contributed by atoms with Gasteiger partial charge in [0, 0.05) is 0 Å². The molecule has 112 valence electrons. The summed E-state index contributed by atoms with van der Waals surface area (Å²) in [6, 6.07) is 2.77. The second-order valence-electron chi connectivity index (χ2n) is 4.16. The molecule has 0 saturated carbocycles. The molecule has 1 aromatic rings. The molecular weight excluding hydrogens is 324 g/mol. The third-order valence-electron chi connectivity index (χ3n) is 2.86. The zero-order valence-electron chi connectivity index (χ0n) is 10.1. The molecule has 0 fully saturated rings. The highest BCUT2D eigenvalue weighted by Gasteiger charge is 2.37. The molecule has 0 heterocycles. The summed E-state index contributed by atoms with van der Waals surface area (Å²) in [5, 5.41) is 7.84. The molecule has 0 aromatic heterocycles. The minimum absolute atomic E-state index is 0.104. The van der Waals surface area contributed by atoms with E-state index in [1.165, 1.54) is 0 Å². The Hall–Kier alpha value is -2.04. The molecule has 0 bridgehead atoms. The Morgan fingerprint density at radius 3 is 2.24 bits per heavy atom. The number of aliphatic hydroxyl groups excluding tert-OH is 1. The largest absolute Gasteiger partial charge is 0.502 e. The van der Waals surface area contributed by atoms with Gasteiger partial charge in [0.2, 0.25) is 5.76 Å². The van der Waals surface area contributed by atoms with Crippen LogP contribution in [0.15, 0.2) is 34.9 Å². The van der Waals surface area contributed by atoms with E-state index in [1.54, 1.807) is 0 Å². The van der Waals surface area contributed by atoms with Crippen molar-refractivity contribution in [2.24, 2.45) is 0 Å². The fourth-order valence-corrected chi connectivity index (χ4v) is 3.29. The molecule has 11 heteroatoms. The van der Waals surface area contributed by atoms with E-state index in [4.69, 9.17) is 14.6 Å². The highest BCUT2D eigenvalue weighted by molar-refractivity contribution is 7.86. The quantitative estimate of drug-likeness (QED) is 0.399. The number of benzene rings is 1. The molecule has 2 rings (SSSR count). The van der Waals surface area contributed by atoms with Crippen molar-refractivity contribution in [2.75, 3.05) is 0 Å². The van der Waals surface area contributed by atoms with Gasteiger partial charge < -0.3 is 10.6 Å². The zero-order valence-corrected chi connectivity index (χ0v) is 11.7. The SMILES string of the molecule is [N-]=[N+]=C1C(O)=CC(S(=O)(=O)O)c2cc(S(=O)(=O)O)ccc21. The van der Waals surface area contributed by atoms with Crippen LogP contribution in [0.1, 0.15) is 16.4 Å². The Bertz CT molecular complexity index is 909. The molecule has 0 aliphatic heterocycles. The zero-order chi connectivity index (χ0) is 16.0. The number of aliphatic hydroxyl groups is 1. The lowest BCUT2D eigenvalue weighted by atomic mass is 9.94. The molecule has 1 unspecified atom stereocenters. The van der Waals surface area contributed by atoms with Crippen LogP contribution in [-0.2, 0) is 20.2 Å². The second-order valence-corrected chi connectivity index (χ2v) is 7.12. The van der Waals surface area contributed by atoms with Crippen LogP contribution in [0, 0.1) is 0 Å². The fourth-order valence-electron chi connectivity index (χ4n) is 1.95. The van der Waals surface area contributed by atoms with E-state index in [9.17, 15) is 21.9 Å². The van der Waals surface area contributed by atoms with Gasteiger partial charge in [-0.25, -0.2) is 0 Å². The first-order chi connectivity index (χ1) is 9.55. The molecular formula is C10H8N2O7S2. The Morgan fingerprint density at radius 1 is 1.14 bits per heavy atom. The molecule has 0 amide bonds. The smallest absolute Gasteiger partial charge is 0.363 e. The van der Waals surface area contributed by atoms with Gasteiger partial charge >= 0.3 is 5.71 Å². The molecule has 9 nitrogen and oxygen atoms in total. The second kappa shape index (κ2) is 4.76. The summed E-state index contributed by atoms with van der Waals surface area (Å²) in [7, 11) is -9.32. The molecule has 0 radical (unpaired) electrons. The van der Waals surface area contributed by atoms with Crippen molar-refractivity contribution in [3.63, 3.8) is 0 Å². The van der Waals surface area contributed by atoms with Crippen molar-refractivity contribution in [1.29, 1.82) is 0 Å². The van der Waals surface area contributed by atoms with Crippen LogP contribution in [0.4, 0.5) is 0 Å². The molecule has 1 aliphatic carbocycles. The number of rotatable bonds is 2. The van der Waals surface area contributed by atoms with Gasteiger partial charge in [0.1, 0.15) is 5.25 Å². The maximum atomic E-state index is 11.3. The van der Waals surface area contributed by atoms with Gasteiger partial charge in [0.25, 0.3) is 20.2 Å². The Morgan fingerprint density at radius 2 is 1.76 bits per heavy atom. The number of hydrogen-bond donors (Lipinski definition) is 3. The Labute approximate surface area is 119 Å². The highest BCUT2D eigenvalue weighted by atomic mass is 32.2. The van der Waals surface area contributed by atoms with Crippen molar-refractivity contribution in [2.45, 2.75) is 10.1 Å². The summed E-state index contributed by atoms with van der Waals surface area (Å²) >= 11 is 0. The van der Waals surface area contributed by atoms with Crippen molar-refractivity contribution in [3.8, 4) is 0 Å². The summed E-state index contributed by atoms with van der Waals surface area (Å²) in [5.74, 6) is -0.702. The lowest BCUT2D eigenvalue weighted by Crippen LogP contribution is -2.22. The standard InChI is InChI=1S/C10H8N2O7S2/c11-12-10-6-2-1-5(20(14,15)16)3-7(6)9(4-8(10)13)21(17,18)19/h1-4,9,13H,(H,14,15,16)(H,17,18,19). The third kappa shape index (κ3) is 2.73. The topological polar surface area (TPSA) is 165 Å². The minimum Gasteiger partial charge on any atom is -0.502 e. The number of hydrogen-bond acceptors (Lipinski definition) is 5. The number of nitrogens with zero attached hydrogens (tertiary/aromatic N) is 2. The molecule has 21 heavy (non-hydrogen) atoms. The maximum Gasteiger partial charge on any atom is 0.363 e. The minimum atomic E-state index is -4.72. The van der Waals surface area contributed by atoms with Crippen molar-refractivity contribution >= 4 is 25.9 Å². The van der Waals surface area contributed by atoms with Crippen molar-refractivity contribution in [1.82, 2.24) is 0 Å². The molecule has 1 aliphatic rings. The molecule has 0 saturated heterocycles. The average Bonchev–Trinajstić information content (AvgIpc) is 2.35. The van der Waals surface area contributed by atoms with Gasteiger partial charge in [0.05, 0.1) is 10.5 Å². The van der Waals surface area contributed by atoms with Crippen molar-refractivity contribution in [3.05, 3.63) is 46.7 Å². The fraction of sp³-hybridized carbons (Fsp3) is 0.100. The van der Waals surface area contributed by atoms with Crippen LogP contribution in [0.3, 0.4) is 0 Å². The van der Waals surface area contributed by atoms with Gasteiger partial charge in [-0.05, 0) is 29.8 Å². The van der Waals surface area contributed by atoms with E-state index >= 15 is 0 Å². The van der Waals surface area contributed by atoms with Gasteiger partial charge in [-0.15, -0.1) is 0 Å². The van der Waals surface area contributed by atoms with E-state index in [0.29, 0.717) is 6.08 Å². The molecule has 0 spiro atoms. The average molecular weight is 332 g/mol. The summed E-state index contributed by atoms with van der Waals surface area (Å²) in [5.41, 5.74) is 8.07. The van der Waals surface area contributed by atoms with E-state index in [0.717, 1.165) is 18.2 Å². The van der Waals surface area contributed by atoms with Crippen LogP contribution in [0.2, 0.25) is 0 Å². The van der Waals surface area contributed by atoms with Crippen molar-refractivity contribution < 1.29 is 35.8 Å².